The molecule has 2 aromatic heterocycles. The third-order valence-corrected chi connectivity index (χ3v) is 1.81. The summed E-state index contributed by atoms with van der Waals surface area (Å²) >= 11 is 0. The first-order valence-corrected chi connectivity index (χ1v) is 3.90. The first-order valence-electron chi connectivity index (χ1n) is 3.90. The SMILES string of the molecule is Cn1ccnc1-c1ccc([N+](=O)[O-])o1. The van der Waals surface area contributed by atoms with E-state index in [2.05, 4.69) is 4.98 Å². The monoisotopic (exact) mass is 193 g/mol. The van der Waals surface area contributed by atoms with Crippen LogP contribution in [-0.2, 0) is 7.05 Å². The fourth-order valence-corrected chi connectivity index (χ4v) is 1.15. The third-order valence-electron chi connectivity index (χ3n) is 1.81. The average molecular weight is 193 g/mol. The van der Waals surface area contributed by atoms with Crippen LogP contribution >= 0.6 is 0 Å². The fourth-order valence-electron chi connectivity index (χ4n) is 1.15. The van der Waals surface area contributed by atoms with Gasteiger partial charge >= 0.3 is 5.88 Å². The van der Waals surface area contributed by atoms with E-state index in [1.807, 2.05) is 0 Å². The van der Waals surface area contributed by atoms with Crippen molar-refractivity contribution in [1.82, 2.24) is 9.55 Å². The van der Waals surface area contributed by atoms with E-state index in [-0.39, 0.29) is 5.88 Å². The highest BCUT2D eigenvalue weighted by atomic mass is 16.6. The van der Waals surface area contributed by atoms with Crippen molar-refractivity contribution in [3.63, 3.8) is 0 Å². The molecule has 0 amide bonds. The zero-order chi connectivity index (χ0) is 10.1. The van der Waals surface area contributed by atoms with Crippen LogP contribution in [0, 0.1) is 10.1 Å². The summed E-state index contributed by atoms with van der Waals surface area (Å²) in [6, 6.07) is 2.84. The molecule has 0 atom stereocenters. The number of nitro groups is 1. The van der Waals surface area contributed by atoms with Crippen LogP contribution in [0.2, 0.25) is 0 Å². The first kappa shape index (κ1) is 8.49. The summed E-state index contributed by atoms with van der Waals surface area (Å²) in [5, 5.41) is 10.4. The van der Waals surface area contributed by atoms with Crippen molar-refractivity contribution in [3.8, 4) is 11.6 Å². The summed E-state index contributed by atoms with van der Waals surface area (Å²) in [5.74, 6) is 0.685. The number of rotatable bonds is 2. The zero-order valence-electron chi connectivity index (χ0n) is 7.38. The smallest absolute Gasteiger partial charge is 0.397 e. The molecule has 0 radical (unpaired) electrons. The van der Waals surface area contributed by atoms with Crippen LogP contribution in [0.25, 0.3) is 11.6 Å². The Hall–Kier alpha value is -2.11. The molecule has 0 N–H and O–H groups in total. The molecule has 2 aromatic rings. The molecule has 6 heteroatoms. The number of hydrogen-bond donors (Lipinski definition) is 0. The summed E-state index contributed by atoms with van der Waals surface area (Å²) in [4.78, 5) is 13.8. The molecule has 0 saturated heterocycles. The number of hydrogen-bond acceptors (Lipinski definition) is 4. The molecular weight excluding hydrogens is 186 g/mol. The van der Waals surface area contributed by atoms with E-state index in [0.29, 0.717) is 11.6 Å². The van der Waals surface area contributed by atoms with Crippen LogP contribution in [0.1, 0.15) is 0 Å². The normalized spacial score (nSPS) is 10.4. The number of furan rings is 1. The maximum Gasteiger partial charge on any atom is 0.433 e. The molecule has 0 aliphatic heterocycles. The minimum Gasteiger partial charge on any atom is -0.397 e. The molecule has 6 nitrogen and oxygen atoms in total. The van der Waals surface area contributed by atoms with Gasteiger partial charge in [0.2, 0.25) is 0 Å². The lowest BCUT2D eigenvalue weighted by Gasteiger charge is -1.94. The van der Waals surface area contributed by atoms with Crippen LogP contribution < -0.4 is 0 Å². The van der Waals surface area contributed by atoms with Gasteiger partial charge in [0, 0.05) is 19.4 Å². The van der Waals surface area contributed by atoms with Crippen molar-refractivity contribution < 1.29 is 9.34 Å². The molecule has 72 valence electrons. The lowest BCUT2D eigenvalue weighted by Crippen LogP contribution is -1.89. The molecule has 14 heavy (non-hydrogen) atoms. The minimum absolute atomic E-state index is 0.275. The molecule has 2 heterocycles. The van der Waals surface area contributed by atoms with Gasteiger partial charge in [0.15, 0.2) is 11.6 Å². The van der Waals surface area contributed by atoms with Gasteiger partial charge in [0.1, 0.15) is 4.92 Å². The molecule has 0 saturated carbocycles. The molecule has 0 spiro atoms. The van der Waals surface area contributed by atoms with E-state index in [9.17, 15) is 10.1 Å². The van der Waals surface area contributed by atoms with Gasteiger partial charge in [0.05, 0.1) is 6.07 Å². The number of aryl methyl sites for hydroxylation is 1. The van der Waals surface area contributed by atoms with Gasteiger partial charge in [-0.05, 0) is 6.07 Å². The Morgan fingerprint density at radius 3 is 2.86 bits per heavy atom. The van der Waals surface area contributed by atoms with Crippen molar-refractivity contribution in [2.45, 2.75) is 0 Å². The second kappa shape index (κ2) is 2.99. The average Bonchev–Trinajstić information content (AvgIpc) is 2.71. The quantitative estimate of drug-likeness (QED) is 0.536. The predicted molar refractivity (Wildman–Crippen MR) is 47.6 cm³/mol. The fraction of sp³-hybridized carbons (Fsp3) is 0.125. The minimum atomic E-state index is -0.577. The van der Waals surface area contributed by atoms with Crippen LogP contribution in [-0.4, -0.2) is 14.5 Å². The Kier molecular flexibility index (Phi) is 1.81. The van der Waals surface area contributed by atoms with Gasteiger partial charge in [-0.3, -0.25) is 10.1 Å². The molecule has 0 aliphatic rings. The second-order valence-electron chi connectivity index (χ2n) is 2.76. The summed E-state index contributed by atoms with van der Waals surface area (Å²) < 4.78 is 6.71. The Bertz CT molecular complexity index is 472. The number of nitrogens with zero attached hydrogens (tertiary/aromatic N) is 3. The number of imidazole rings is 1. The van der Waals surface area contributed by atoms with Gasteiger partial charge in [-0.1, -0.05) is 0 Å². The Labute approximate surface area is 78.9 Å². The van der Waals surface area contributed by atoms with Gasteiger partial charge in [-0.2, -0.15) is 0 Å². The topological polar surface area (TPSA) is 74.1 Å². The zero-order valence-corrected chi connectivity index (χ0v) is 7.38. The predicted octanol–water partition coefficient (Wildman–Crippen LogP) is 1.59. The van der Waals surface area contributed by atoms with Gasteiger partial charge in [-0.15, -0.1) is 0 Å². The Morgan fingerprint density at radius 1 is 1.57 bits per heavy atom. The van der Waals surface area contributed by atoms with Crippen molar-refractivity contribution in [3.05, 3.63) is 34.6 Å². The van der Waals surface area contributed by atoms with Crippen LogP contribution in [0.4, 0.5) is 5.88 Å². The van der Waals surface area contributed by atoms with Crippen molar-refractivity contribution in [1.29, 1.82) is 0 Å². The summed E-state index contributed by atoms with van der Waals surface area (Å²) in [6.45, 7) is 0. The molecule has 0 fully saturated rings. The van der Waals surface area contributed by atoms with Crippen LogP contribution in [0.3, 0.4) is 0 Å². The lowest BCUT2D eigenvalue weighted by molar-refractivity contribution is -0.401. The van der Waals surface area contributed by atoms with E-state index < -0.39 is 4.92 Å². The van der Waals surface area contributed by atoms with E-state index in [4.69, 9.17) is 4.42 Å². The highest BCUT2D eigenvalue weighted by Gasteiger charge is 2.15. The Balaban J connectivity index is 2.43. The van der Waals surface area contributed by atoms with Crippen molar-refractivity contribution in [2.75, 3.05) is 0 Å². The largest absolute Gasteiger partial charge is 0.433 e. The van der Waals surface area contributed by atoms with Crippen molar-refractivity contribution in [2.24, 2.45) is 7.05 Å². The van der Waals surface area contributed by atoms with E-state index in [1.54, 1.807) is 24.0 Å². The van der Waals surface area contributed by atoms with Crippen LogP contribution in [0.15, 0.2) is 28.9 Å². The standard InChI is InChI=1S/C8H7N3O3/c1-10-5-4-9-8(10)6-2-3-7(14-6)11(12)13/h2-5H,1H3. The van der Waals surface area contributed by atoms with Gasteiger partial charge in [-0.25, -0.2) is 4.98 Å². The molecule has 2 rings (SSSR count). The molecule has 0 unspecified atom stereocenters. The maximum atomic E-state index is 10.4. The van der Waals surface area contributed by atoms with Crippen LogP contribution in [0.5, 0.6) is 0 Å². The van der Waals surface area contributed by atoms with E-state index in [1.165, 1.54) is 12.1 Å². The molecule has 0 aliphatic carbocycles. The van der Waals surface area contributed by atoms with Crippen molar-refractivity contribution >= 4 is 5.88 Å². The summed E-state index contributed by atoms with van der Waals surface area (Å²) in [5.41, 5.74) is 0. The summed E-state index contributed by atoms with van der Waals surface area (Å²) in [6.07, 6.45) is 3.34. The number of aromatic nitrogens is 2. The molecule has 0 aromatic carbocycles. The Morgan fingerprint density at radius 2 is 2.36 bits per heavy atom. The van der Waals surface area contributed by atoms with E-state index in [0.717, 1.165) is 0 Å². The van der Waals surface area contributed by atoms with E-state index >= 15 is 0 Å². The molecular formula is C8H7N3O3. The first-order chi connectivity index (χ1) is 6.68. The van der Waals surface area contributed by atoms with Gasteiger partial charge in [0.25, 0.3) is 0 Å². The maximum absolute atomic E-state index is 10.4. The lowest BCUT2D eigenvalue weighted by atomic mass is 10.4. The molecule has 0 bridgehead atoms. The van der Waals surface area contributed by atoms with Gasteiger partial charge < -0.3 is 8.98 Å². The summed E-state index contributed by atoms with van der Waals surface area (Å²) in [7, 11) is 1.79. The highest BCUT2D eigenvalue weighted by Crippen LogP contribution is 2.23. The highest BCUT2D eigenvalue weighted by molar-refractivity contribution is 5.49. The third kappa shape index (κ3) is 1.26. The second-order valence-corrected chi connectivity index (χ2v) is 2.76.